The van der Waals surface area contributed by atoms with E-state index in [9.17, 15) is 17.6 Å². The number of carbonyl (C=O) groups is 1. The topological polar surface area (TPSA) is 88.2 Å². The molecule has 3 saturated heterocycles. The van der Waals surface area contributed by atoms with Gasteiger partial charge in [-0.1, -0.05) is 6.42 Å². The monoisotopic (exact) mass is 469 g/mol. The summed E-state index contributed by atoms with van der Waals surface area (Å²) < 4.78 is 52.7. The second-order valence-electron chi connectivity index (χ2n) is 8.66. The average Bonchev–Trinajstić information content (AvgIpc) is 3.35. The molecule has 1 amide bonds. The molecule has 0 radical (unpaired) electrons. The minimum absolute atomic E-state index is 0.113. The molecule has 178 valence electrons. The van der Waals surface area contributed by atoms with Gasteiger partial charge in [0.2, 0.25) is 10.0 Å². The smallest absolute Gasteiger partial charge is 0.251 e. The number of hydrogen-bond donors (Lipinski definition) is 1. The Kier molecular flexibility index (Phi) is 7.78. The van der Waals surface area contributed by atoms with Crippen LogP contribution in [0, 0.1) is 11.7 Å². The highest BCUT2D eigenvalue weighted by atomic mass is 32.2. The molecule has 0 aliphatic carbocycles. The maximum Gasteiger partial charge on any atom is 0.251 e. The number of nitrogens with zero attached hydrogens (tertiary/aromatic N) is 2. The summed E-state index contributed by atoms with van der Waals surface area (Å²) in [6.45, 7) is 5.46. The number of piperidine rings is 1. The summed E-state index contributed by atoms with van der Waals surface area (Å²) in [4.78, 5) is 14.8. The van der Waals surface area contributed by atoms with Crippen molar-refractivity contribution in [2.45, 2.75) is 36.6 Å². The maximum atomic E-state index is 14.5. The van der Waals surface area contributed by atoms with Gasteiger partial charge in [-0.15, -0.1) is 0 Å². The Morgan fingerprint density at radius 1 is 1.09 bits per heavy atom. The van der Waals surface area contributed by atoms with Crippen LogP contribution in [0.2, 0.25) is 0 Å². The van der Waals surface area contributed by atoms with Crippen LogP contribution in [0.5, 0.6) is 0 Å². The third-order valence-electron chi connectivity index (χ3n) is 6.62. The first-order chi connectivity index (χ1) is 15.5. The first-order valence-corrected chi connectivity index (χ1v) is 12.9. The number of ether oxygens (including phenoxy) is 2. The van der Waals surface area contributed by atoms with E-state index in [1.54, 1.807) is 0 Å². The molecule has 4 rings (SSSR count). The summed E-state index contributed by atoms with van der Waals surface area (Å²) in [7, 11) is -3.97. The van der Waals surface area contributed by atoms with Gasteiger partial charge in [0, 0.05) is 56.9 Å². The number of rotatable bonds is 7. The van der Waals surface area contributed by atoms with Crippen molar-refractivity contribution in [3.63, 3.8) is 0 Å². The fraction of sp³-hybridized carbons (Fsp3) is 0.682. The van der Waals surface area contributed by atoms with Crippen molar-refractivity contribution < 1.29 is 27.1 Å². The molecule has 1 N–H and O–H groups in total. The molecule has 2 atom stereocenters. The van der Waals surface area contributed by atoms with Crippen LogP contribution in [-0.4, -0.2) is 88.7 Å². The van der Waals surface area contributed by atoms with Crippen molar-refractivity contribution >= 4 is 15.9 Å². The van der Waals surface area contributed by atoms with Gasteiger partial charge in [-0.3, -0.25) is 9.69 Å². The molecule has 0 bridgehead atoms. The number of amides is 1. The number of nitrogens with one attached hydrogen (secondary N) is 1. The molecule has 3 fully saturated rings. The fourth-order valence-corrected chi connectivity index (χ4v) is 6.35. The van der Waals surface area contributed by atoms with E-state index in [2.05, 4.69) is 10.2 Å². The third-order valence-corrected chi connectivity index (χ3v) is 8.54. The molecule has 0 saturated carbocycles. The number of morpholine rings is 1. The molecule has 32 heavy (non-hydrogen) atoms. The SMILES string of the molecule is O=C(NCC(C1CCOC1)N1CCOCC1)c1ccc(F)c(S(=O)(=O)N2CCCCC2)c1. The number of sulfonamides is 1. The molecule has 10 heteroatoms. The molecule has 3 aliphatic heterocycles. The van der Waals surface area contributed by atoms with Crippen LogP contribution in [0.3, 0.4) is 0 Å². The highest BCUT2D eigenvalue weighted by Gasteiger charge is 2.33. The normalized spacial score (nSPS) is 24.3. The number of carbonyl (C=O) groups excluding carboxylic acids is 1. The Morgan fingerprint density at radius 2 is 1.84 bits per heavy atom. The van der Waals surface area contributed by atoms with Crippen LogP contribution >= 0.6 is 0 Å². The van der Waals surface area contributed by atoms with Gasteiger partial charge < -0.3 is 14.8 Å². The third kappa shape index (κ3) is 5.31. The Bertz CT molecular complexity index is 895. The van der Waals surface area contributed by atoms with E-state index in [1.807, 2.05) is 0 Å². The molecular weight excluding hydrogens is 437 g/mol. The van der Waals surface area contributed by atoms with Crippen molar-refractivity contribution in [2.24, 2.45) is 5.92 Å². The predicted octanol–water partition coefficient (Wildman–Crippen LogP) is 1.47. The number of halogens is 1. The molecule has 1 aromatic carbocycles. The molecule has 0 aromatic heterocycles. The molecule has 2 unspecified atom stereocenters. The highest BCUT2D eigenvalue weighted by molar-refractivity contribution is 7.89. The zero-order chi connectivity index (χ0) is 22.6. The zero-order valence-electron chi connectivity index (χ0n) is 18.3. The Morgan fingerprint density at radius 3 is 2.53 bits per heavy atom. The minimum Gasteiger partial charge on any atom is -0.381 e. The Labute approximate surface area is 189 Å². The van der Waals surface area contributed by atoms with Gasteiger partial charge in [0.15, 0.2) is 0 Å². The molecule has 0 spiro atoms. The highest BCUT2D eigenvalue weighted by Crippen LogP contribution is 2.25. The first kappa shape index (κ1) is 23.6. The van der Waals surface area contributed by atoms with E-state index in [-0.39, 0.29) is 11.6 Å². The quantitative estimate of drug-likeness (QED) is 0.651. The molecular formula is C22H32FN3O5S. The van der Waals surface area contributed by atoms with Gasteiger partial charge in [0.05, 0.1) is 19.8 Å². The van der Waals surface area contributed by atoms with Crippen LogP contribution in [0.4, 0.5) is 4.39 Å². The van der Waals surface area contributed by atoms with E-state index < -0.39 is 26.6 Å². The average molecular weight is 470 g/mol. The van der Waals surface area contributed by atoms with Crippen LogP contribution in [0.15, 0.2) is 23.1 Å². The van der Waals surface area contributed by atoms with Gasteiger partial charge in [-0.25, -0.2) is 12.8 Å². The van der Waals surface area contributed by atoms with Crippen molar-refractivity contribution in [2.75, 3.05) is 59.2 Å². The Hall–Kier alpha value is -1.59. The molecule has 3 heterocycles. The summed E-state index contributed by atoms with van der Waals surface area (Å²) in [5.41, 5.74) is 0.144. The number of benzene rings is 1. The number of hydrogen-bond acceptors (Lipinski definition) is 6. The summed E-state index contributed by atoms with van der Waals surface area (Å²) in [6.07, 6.45) is 3.42. The molecule has 3 aliphatic rings. The second-order valence-corrected chi connectivity index (χ2v) is 10.6. The van der Waals surface area contributed by atoms with Crippen LogP contribution < -0.4 is 5.32 Å². The molecule has 8 nitrogen and oxygen atoms in total. The predicted molar refractivity (Wildman–Crippen MR) is 116 cm³/mol. The van der Waals surface area contributed by atoms with Crippen molar-refractivity contribution in [1.29, 1.82) is 0 Å². The standard InChI is InChI=1S/C22H32FN3O5S/c23-19-5-4-17(14-21(19)32(28,29)26-7-2-1-3-8-26)22(27)24-15-20(18-6-11-31-16-18)25-9-12-30-13-10-25/h4-5,14,18,20H,1-3,6-13,15-16H2,(H,24,27). The second kappa shape index (κ2) is 10.6. The van der Waals surface area contributed by atoms with Crippen molar-refractivity contribution in [3.8, 4) is 0 Å². The lowest BCUT2D eigenvalue weighted by molar-refractivity contribution is 0.00166. The van der Waals surface area contributed by atoms with Crippen LogP contribution in [-0.2, 0) is 19.5 Å². The van der Waals surface area contributed by atoms with Crippen molar-refractivity contribution in [1.82, 2.24) is 14.5 Å². The van der Waals surface area contributed by atoms with E-state index in [0.29, 0.717) is 45.4 Å². The lowest BCUT2D eigenvalue weighted by atomic mass is 9.96. The lowest BCUT2D eigenvalue weighted by Crippen LogP contribution is -2.52. The minimum atomic E-state index is -3.97. The summed E-state index contributed by atoms with van der Waals surface area (Å²) in [5.74, 6) is -0.921. The van der Waals surface area contributed by atoms with E-state index >= 15 is 0 Å². The van der Waals surface area contributed by atoms with Gasteiger partial charge >= 0.3 is 0 Å². The van der Waals surface area contributed by atoms with Gasteiger partial charge in [-0.2, -0.15) is 4.31 Å². The summed E-state index contributed by atoms with van der Waals surface area (Å²) >= 11 is 0. The summed E-state index contributed by atoms with van der Waals surface area (Å²) in [6, 6.07) is 3.68. The maximum absolute atomic E-state index is 14.5. The van der Waals surface area contributed by atoms with Crippen LogP contribution in [0.25, 0.3) is 0 Å². The van der Waals surface area contributed by atoms with Crippen molar-refractivity contribution in [3.05, 3.63) is 29.6 Å². The van der Waals surface area contributed by atoms with E-state index in [0.717, 1.165) is 57.5 Å². The van der Waals surface area contributed by atoms with E-state index in [4.69, 9.17) is 9.47 Å². The molecule has 1 aromatic rings. The van der Waals surface area contributed by atoms with Gasteiger partial charge in [0.1, 0.15) is 10.7 Å². The zero-order valence-corrected chi connectivity index (χ0v) is 19.1. The summed E-state index contributed by atoms with van der Waals surface area (Å²) in [5, 5.41) is 2.94. The van der Waals surface area contributed by atoms with Gasteiger partial charge in [0.25, 0.3) is 5.91 Å². The van der Waals surface area contributed by atoms with Crippen LogP contribution in [0.1, 0.15) is 36.0 Å². The first-order valence-electron chi connectivity index (χ1n) is 11.4. The van der Waals surface area contributed by atoms with E-state index in [1.165, 1.54) is 10.4 Å². The fourth-order valence-electron chi connectivity index (χ4n) is 4.75. The largest absolute Gasteiger partial charge is 0.381 e. The Balaban J connectivity index is 1.47. The lowest BCUT2D eigenvalue weighted by Gasteiger charge is -2.37. The van der Waals surface area contributed by atoms with Gasteiger partial charge in [-0.05, 0) is 37.5 Å².